The summed E-state index contributed by atoms with van der Waals surface area (Å²) in [7, 11) is 3.18. The molecule has 0 heterocycles. The molecule has 0 saturated carbocycles. The number of hydrogen-bond donors (Lipinski definition) is 2. The van der Waals surface area contributed by atoms with Crippen molar-refractivity contribution in [3.63, 3.8) is 0 Å². The zero-order chi connectivity index (χ0) is 17.5. The van der Waals surface area contributed by atoms with Crippen molar-refractivity contribution in [1.82, 2.24) is 10.6 Å². The van der Waals surface area contributed by atoms with Gasteiger partial charge in [0.25, 0.3) is 0 Å². The van der Waals surface area contributed by atoms with Crippen LogP contribution in [0.4, 0.5) is 13.2 Å². The number of aliphatic imine (C=N–C) groups is 1. The summed E-state index contributed by atoms with van der Waals surface area (Å²) in [6.45, 7) is 4.43. The Hall–Kier alpha value is -1.23. The average molecular weight is 461 g/mol. The van der Waals surface area contributed by atoms with Gasteiger partial charge in [0.2, 0.25) is 0 Å². The third-order valence-electron chi connectivity index (χ3n) is 3.10. The largest absolute Gasteiger partial charge is 0.573 e. The van der Waals surface area contributed by atoms with E-state index in [0.29, 0.717) is 18.1 Å². The number of guanidine groups is 1. The summed E-state index contributed by atoms with van der Waals surface area (Å²) < 4.78 is 46.4. The Bertz CT molecular complexity index is 537. The zero-order valence-electron chi connectivity index (χ0n) is 14.0. The molecule has 2 N–H and O–H groups in total. The van der Waals surface area contributed by atoms with Crippen LogP contribution in [0.1, 0.15) is 19.4 Å². The Morgan fingerprint density at radius 2 is 1.79 bits per heavy atom. The Kier molecular flexibility index (Phi) is 9.41. The van der Waals surface area contributed by atoms with Crippen LogP contribution in [0.5, 0.6) is 5.75 Å². The Balaban J connectivity index is 0.00000529. The molecule has 0 aliphatic rings. The summed E-state index contributed by atoms with van der Waals surface area (Å²) in [6, 6.07) is 5.96. The van der Waals surface area contributed by atoms with Gasteiger partial charge in [0.15, 0.2) is 5.96 Å². The topological polar surface area (TPSA) is 54.9 Å². The normalized spacial score (nSPS) is 12.4. The van der Waals surface area contributed by atoms with Crippen molar-refractivity contribution in [2.75, 3.05) is 20.7 Å². The van der Waals surface area contributed by atoms with Gasteiger partial charge in [-0.2, -0.15) is 0 Å². The molecule has 0 spiro atoms. The lowest BCUT2D eigenvalue weighted by Gasteiger charge is -2.24. The highest BCUT2D eigenvalue weighted by molar-refractivity contribution is 14.0. The molecule has 0 aliphatic carbocycles. The van der Waals surface area contributed by atoms with E-state index < -0.39 is 12.0 Å². The number of halogens is 4. The third-order valence-corrected chi connectivity index (χ3v) is 3.10. The molecular formula is C15H23F3IN3O2. The lowest BCUT2D eigenvalue weighted by molar-refractivity contribution is -0.274. The second kappa shape index (κ2) is 9.92. The number of nitrogens with one attached hydrogen (secondary N) is 2. The Morgan fingerprint density at radius 1 is 1.17 bits per heavy atom. The van der Waals surface area contributed by atoms with Crippen molar-refractivity contribution >= 4 is 29.9 Å². The number of para-hydroxylation sites is 1. The number of benzene rings is 1. The predicted molar refractivity (Wildman–Crippen MR) is 97.8 cm³/mol. The standard InChI is InChI=1S/C15H22F3N3O2.HI/c1-14(2,22-4)10-21-13(19-3)20-9-11-7-5-6-8-12(11)23-15(16,17)18;/h5-8H,9-10H2,1-4H3,(H2,19,20,21);1H. The van der Waals surface area contributed by atoms with Gasteiger partial charge in [0, 0.05) is 32.8 Å². The van der Waals surface area contributed by atoms with Gasteiger partial charge in [-0.15, -0.1) is 37.1 Å². The molecule has 1 rings (SSSR count). The third kappa shape index (κ3) is 8.57. The quantitative estimate of drug-likeness (QED) is 0.388. The van der Waals surface area contributed by atoms with Crippen LogP contribution in [0.3, 0.4) is 0 Å². The van der Waals surface area contributed by atoms with Crippen LogP contribution < -0.4 is 15.4 Å². The number of ether oxygens (including phenoxy) is 2. The fraction of sp³-hybridized carbons (Fsp3) is 0.533. The van der Waals surface area contributed by atoms with Gasteiger partial charge >= 0.3 is 6.36 Å². The second-order valence-corrected chi connectivity index (χ2v) is 5.40. The van der Waals surface area contributed by atoms with Crippen LogP contribution in [0.2, 0.25) is 0 Å². The maximum absolute atomic E-state index is 12.4. The van der Waals surface area contributed by atoms with E-state index in [4.69, 9.17) is 4.74 Å². The summed E-state index contributed by atoms with van der Waals surface area (Å²) >= 11 is 0. The number of nitrogens with zero attached hydrogens (tertiary/aromatic N) is 1. The summed E-state index contributed by atoms with van der Waals surface area (Å²) in [5, 5.41) is 5.99. The van der Waals surface area contributed by atoms with Crippen molar-refractivity contribution in [1.29, 1.82) is 0 Å². The van der Waals surface area contributed by atoms with Gasteiger partial charge in [-0.25, -0.2) is 0 Å². The Labute approximate surface area is 157 Å². The van der Waals surface area contributed by atoms with Crippen LogP contribution in [0, 0.1) is 0 Å². The van der Waals surface area contributed by atoms with E-state index in [1.165, 1.54) is 12.1 Å². The molecule has 0 unspecified atom stereocenters. The molecule has 5 nitrogen and oxygen atoms in total. The highest BCUT2D eigenvalue weighted by Crippen LogP contribution is 2.25. The first kappa shape index (κ1) is 22.8. The monoisotopic (exact) mass is 461 g/mol. The molecule has 1 aromatic rings. The SMILES string of the molecule is CN=C(NCc1ccccc1OC(F)(F)F)NCC(C)(C)OC.I. The van der Waals surface area contributed by atoms with Crippen LogP contribution in [-0.2, 0) is 11.3 Å². The summed E-state index contributed by atoms with van der Waals surface area (Å²) in [5.74, 6) is 0.220. The molecule has 0 saturated heterocycles. The second-order valence-electron chi connectivity index (χ2n) is 5.40. The first-order chi connectivity index (χ1) is 10.7. The van der Waals surface area contributed by atoms with Gasteiger partial charge < -0.3 is 20.1 Å². The first-order valence-electron chi connectivity index (χ1n) is 7.00. The van der Waals surface area contributed by atoms with E-state index in [9.17, 15) is 13.2 Å². The molecule has 138 valence electrons. The molecule has 9 heteroatoms. The molecule has 1 aromatic carbocycles. The predicted octanol–water partition coefficient (Wildman–Crippen LogP) is 3.29. The van der Waals surface area contributed by atoms with Crippen molar-refractivity contribution in [3.05, 3.63) is 29.8 Å². The van der Waals surface area contributed by atoms with Gasteiger partial charge in [0.05, 0.1) is 5.60 Å². The van der Waals surface area contributed by atoms with Gasteiger partial charge in [-0.1, -0.05) is 18.2 Å². The van der Waals surface area contributed by atoms with Crippen LogP contribution in [0.25, 0.3) is 0 Å². The minimum atomic E-state index is -4.72. The summed E-state index contributed by atoms with van der Waals surface area (Å²) in [5.41, 5.74) is -0.0201. The van der Waals surface area contributed by atoms with Crippen LogP contribution in [0.15, 0.2) is 29.3 Å². The van der Waals surface area contributed by atoms with Crippen molar-refractivity contribution in [2.45, 2.75) is 32.4 Å². The molecule has 0 atom stereocenters. The fourth-order valence-corrected chi connectivity index (χ4v) is 1.64. The maximum Gasteiger partial charge on any atom is 0.573 e. The van der Waals surface area contributed by atoms with E-state index in [-0.39, 0.29) is 36.3 Å². The maximum atomic E-state index is 12.4. The highest BCUT2D eigenvalue weighted by Gasteiger charge is 2.31. The minimum Gasteiger partial charge on any atom is -0.405 e. The van der Waals surface area contributed by atoms with E-state index in [0.717, 1.165) is 0 Å². The molecular weight excluding hydrogens is 438 g/mol. The van der Waals surface area contributed by atoms with E-state index in [1.807, 2.05) is 13.8 Å². The molecule has 0 fully saturated rings. The average Bonchev–Trinajstić information content (AvgIpc) is 2.47. The van der Waals surface area contributed by atoms with E-state index in [1.54, 1.807) is 26.3 Å². The smallest absolute Gasteiger partial charge is 0.405 e. The first-order valence-corrected chi connectivity index (χ1v) is 7.00. The van der Waals surface area contributed by atoms with Gasteiger partial charge in [-0.05, 0) is 19.9 Å². The summed E-state index contributed by atoms with van der Waals surface area (Å²) in [6.07, 6.45) is -4.72. The number of alkyl halides is 3. The fourth-order valence-electron chi connectivity index (χ4n) is 1.64. The van der Waals surface area contributed by atoms with Crippen molar-refractivity contribution < 1.29 is 22.6 Å². The number of methoxy groups -OCH3 is 1. The molecule has 0 aromatic heterocycles. The van der Waals surface area contributed by atoms with Gasteiger partial charge in [-0.3, -0.25) is 4.99 Å². The van der Waals surface area contributed by atoms with E-state index >= 15 is 0 Å². The van der Waals surface area contributed by atoms with Crippen LogP contribution >= 0.6 is 24.0 Å². The molecule has 24 heavy (non-hydrogen) atoms. The lowest BCUT2D eigenvalue weighted by Crippen LogP contribution is -2.45. The molecule has 0 bridgehead atoms. The zero-order valence-corrected chi connectivity index (χ0v) is 16.4. The number of rotatable bonds is 6. The van der Waals surface area contributed by atoms with Gasteiger partial charge in [0.1, 0.15) is 5.75 Å². The molecule has 0 radical (unpaired) electrons. The Morgan fingerprint density at radius 3 is 2.33 bits per heavy atom. The van der Waals surface area contributed by atoms with E-state index in [2.05, 4.69) is 20.4 Å². The highest BCUT2D eigenvalue weighted by atomic mass is 127. The molecule has 0 aliphatic heterocycles. The number of hydrogen-bond acceptors (Lipinski definition) is 3. The minimum absolute atomic E-state index is 0. The van der Waals surface area contributed by atoms with Crippen molar-refractivity contribution in [3.8, 4) is 5.75 Å². The summed E-state index contributed by atoms with van der Waals surface area (Å²) in [4.78, 5) is 4.02. The lowest BCUT2D eigenvalue weighted by atomic mass is 10.1. The molecule has 0 amide bonds. The van der Waals surface area contributed by atoms with Crippen LogP contribution in [-0.4, -0.2) is 38.6 Å². The van der Waals surface area contributed by atoms with Crippen molar-refractivity contribution in [2.24, 2.45) is 4.99 Å².